The van der Waals surface area contributed by atoms with Gasteiger partial charge in [0.05, 0.1) is 12.0 Å². The molecule has 0 aliphatic rings. The zero-order valence-electron chi connectivity index (χ0n) is 13.6. The fraction of sp³-hybridized carbons (Fsp3) is 0.353. The van der Waals surface area contributed by atoms with Gasteiger partial charge in [-0.1, -0.05) is 19.1 Å². The number of ether oxygens (including phenoxy) is 1. The maximum atomic E-state index is 12.2. The molecule has 1 aromatic heterocycles. The normalized spacial score (nSPS) is 10.0. The lowest BCUT2D eigenvalue weighted by molar-refractivity contribution is 0.0958. The highest BCUT2D eigenvalue weighted by Gasteiger charge is 2.13. The summed E-state index contributed by atoms with van der Waals surface area (Å²) >= 11 is 1.53. The van der Waals surface area contributed by atoms with Crippen LogP contribution in [0.2, 0.25) is 0 Å². The number of thiophene rings is 1. The summed E-state index contributed by atoms with van der Waals surface area (Å²) in [5.74, 6) is 0.823. The molecule has 6 heteroatoms. The van der Waals surface area contributed by atoms with Crippen molar-refractivity contribution in [2.45, 2.75) is 13.8 Å². The number of carbonyl (C=O) groups excluding carboxylic acids is 1. The summed E-state index contributed by atoms with van der Waals surface area (Å²) in [5.41, 5.74) is 2.20. The lowest BCUT2D eigenvalue weighted by Gasteiger charge is -2.03. The van der Waals surface area contributed by atoms with Gasteiger partial charge in [-0.3, -0.25) is 4.79 Å². The number of hydrogen-bond acceptors (Lipinski definition) is 4. The molecule has 126 valence electrons. The Balaban J connectivity index is 0.00000264. The Morgan fingerprint density at radius 2 is 1.91 bits per heavy atom. The molecular formula is C17H23ClN2O2S. The number of rotatable bonds is 7. The highest BCUT2D eigenvalue weighted by atomic mass is 35.5. The van der Waals surface area contributed by atoms with Gasteiger partial charge in [-0.15, -0.1) is 23.7 Å². The first-order valence-corrected chi connectivity index (χ1v) is 8.21. The van der Waals surface area contributed by atoms with Gasteiger partial charge in [0, 0.05) is 18.0 Å². The van der Waals surface area contributed by atoms with E-state index in [1.54, 1.807) is 7.11 Å². The van der Waals surface area contributed by atoms with Crippen LogP contribution in [0.1, 0.15) is 21.5 Å². The van der Waals surface area contributed by atoms with Gasteiger partial charge in [-0.2, -0.15) is 0 Å². The number of amides is 1. The second-order valence-electron chi connectivity index (χ2n) is 4.92. The van der Waals surface area contributed by atoms with Crippen molar-refractivity contribution in [3.63, 3.8) is 0 Å². The fourth-order valence-electron chi connectivity index (χ4n) is 2.18. The molecule has 1 heterocycles. The number of carbonyl (C=O) groups is 1. The van der Waals surface area contributed by atoms with Gasteiger partial charge in [0.1, 0.15) is 5.75 Å². The molecule has 2 rings (SSSR count). The Morgan fingerprint density at radius 1 is 1.22 bits per heavy atom. The van der Waals surface area contributed by atoms with Crippen LogP contribution in [0, 0.1) is 6.92 Å². The van der Waals surface area contributed by atoms with E-state index in [0.717, 1.165) is 39.7 Å². The molecule has 1 aromatic carbocycles. The Bertz CT molecular complexity index is 626. The van der Waals surface area contributed by atoms with Crippen molar-refractivity contribution in [2.75, 3.05) is 26.7 Å². The summed E-state index contributed by atoms with van der Waals surface area (Å²) in [6.45, 7) is 6.43. The minimum absolute atomic E-state index is 0. The summed E-state index contributed by atoms with van der Waals surface area (Å²) in [7, 11) is 1.65. The molecule has 0 saturated heterocycles. The van der Waals surface area contributed by atoms with E-state index in [2.05, 4.69) is 10.6 Å². The molecule has 0 unspecified atom stereocenters. The van der Waals surface area contributed by atoms with Gasteiger partial charge >= 0.3 is 0 Å². The molecule has 4 nitrogen and oxygen atoms in total. The number of hydrogen-bond donors (Lipinski definition) is 2. The first kappa shape index (κ1) is 19.5. The van der Waals surface area contributed by atoms with Crippen molar-refractivity contribution in [1.29, 1.82) is 0 Å². The second-order valence-corrected chi connectivity index (χ2v) is 6.17. The van der Waals surface area contributed by atoms with Gasteiger partial charge in [0.2, 0.25) is 0 Å². The van der Waals surface area contributed by atoms with Crippen LogP contribution in [0.5, 0.6) is 5.75 Å². The largest absolute Gasteiger partial charge is 0.497 e. The molecule has 1 amide bonds. The number of methoxy groups -OCH3 is 1. The summed E-state index contributed by atoms with van der Waals surface area (Å²) in [5, 5.41) is 6.12. The molecule has 2 N–H and O–H groups in total. The first-order chi connectivity index (χ1) is 10.7. The third-order valence-corrected chi connectivity index (χ3v) is 4.43. The molecule has 23 heavy (non-hydrogen) atoms. The van der Waals surface area contributed by atoms with Crippen LogP contribution < -0.4 is 15.4 Å². The molecule has 0 spiro atoms. The monoisotopic (exact) mass is 354 g/mol. The molecule has 0 radical (unpaired) electrons. The average molecular weight is 355 g/mol. The fourth-order valence-corrected chi connectivity index (χ4v) is 3.14. The quantitative estimate of drug-likeness (QED) is 0.748. The molecule has 0 aliphatic carbocycles. The molecule has 0 saturated carbocycles. The average Bonchev–Trinajstić information content (AvgIpc) is 2.93. The highest BCUT2D eigenvalue weighted by Crippen LogP contribution is 2.31. The minimum atomic E-state index is -0.00855. The molecule has 0 bridgehead atoms. The zero-order valence-corrected chi connectivity index (χ0v) is 15.3. The topological polar surface area (TPSA) is 50.4 Å². The zero-order chi connectivity index (χ0) is 15.9. The third-order valence-electron chi connectivity index (χ3n) is 3.38. The van der Waals surface area contributed by atoms with Crippen molar-refractivity contribution in [2.24, 2.45) is 0 Å². The van der Waals surface area contributed by atoms with Crippen LogP contribution in [0.4, 0.5) is 0 Å². The Kier molecular flexibility index (Phi) is 8.09. The second kappa shape index (κ2) is 9.55. The van der Waals surface area contributed by atoms with Gasteiger partial charge in [0.15, 0.2) is 0 Å². The minimum Gasteiger partial charge on any atom is -0.497 e. The predicted molar refractivity (Wildman–Crippen MR) is 99.2 cm³/mol. The van der Waals surface area contributed by atoms with Crippen molar-refractivity contribution >= 4 is 29.7 Å². The maximum Gasteiger partial charge on any atom is 0.261 e. The van der Waals surface area contributed by atoms with Crippen molar-refractivity contribution in [3.8, 4) is 16.9 Å². The van der Waals surface area contributed by atoms with Crippen molar-refractivity contribution < 1.29 is 9.53 Å². The number of aryl methyl sites for hydroxylation is 1. The van der Waals surface area contributed by atoms with E-state index in [-0.39, 0.29) is 18.3 Å². The standard InChI is InChI=1S/C17H22N2O2S.ClH/c1-4-18-9-10-19-17(20)16-11-15(12(2)22-16)13-5-7-14(21-3)8-6-13;/h5-8,11,18H,4,9-10H2,1-3H3,(H,19,20);1H. The predicted octanol–water partition coefficient (Wildman–Crippen LogP) is 3.49. The van der Waals surface area contributed by atoms with E-state index < -0.39 is 0 Å². The molecule has 0 aliphatic heterocycles. The van der Waals surface area contributed by atoms with Crippen LogP contribution >= 0.6 is 23.7 Å². The van der Waals surface area contributed by atoms with E-state index in [0.29, 0.717) is 6.54 Å². The van der Waals surface area contributed by atoms with E-state index >= 15 is 0 Å². The van der Waals surface area contributed by atoms with Crippen LogP contribution in [0.25, 0.3) is 11.1 Å². The van der Waals surface area contributed by atoms with E-state index in [1.165, 1.54) is 11.3 Å². The van der Waals surface area contributed by atoms with Crippen LogP contribution in [0.15, 0.2) is 30.3 Å². The van der Waals surface area contributed by atoms with Crippen LogP contribution in [0.3, 0.4) is 0 Å². The lowest BCUT2D eigenvalue weighted by Crippen LogP contribution is -2.31. The van der Waals surface area contributed by atoms with Crippen LogP contribution in [-0.2, 0) is 0 Å². The Labute approximate surface area is 147 Å². The molecule has 0 atom stereocenters. The van der Waals surface area contributed by atoms with E-state index in [4.69, 9.17) is 4.74 Å². The van der Waals surface area contributed by atoms with Gasteiger partial charge in [-0.25, -0.2) is 0 Å². The molecule has 0 fully saturated rings. The summed E-state index contributed by atoms with van der Waals surface area (Å²) in [6.07, 6.45) is 0. The Hall–Kier alpha value is -1.56. The summed E-state index contributed by atoms with van der Waals surface area (Å²) in [4.78, 5) is 14.0. The van der Waals surface area contributed by atoms with Crippen molar-refractivity contribution in [3.05, 3.63) is 40.1 Å². The van der Waals surface area contributed by atoms with E-state index in [9.17, 15) is 4.79 Å². The van der Waals surface area contributed by atoms with Gasteiger partial charge in [-0.05, 0) is 42.8 Å². The highest BCUT2D eigenvalue weighted by molar-refractivity contribution is 7.14. The van der Waals surface area contributed by atoms with Gasteiger partial charge < -0.3 is 15.4 Å². The van der Waals surface area contributed by atoms with Crippen molar-refractivity contribution in [1.82, 2.24) is 10.6 Å². The molecule has 2 aromatic rings. The number of benzene rings is 1. The SMILES string of the molecule is CCNCCNC(=O)c1cc(-c2ccc(OC)cc2)c(C)s1.Cl. The summed E-state index contributed by atoms with van der Waals surface area (Å²) < 4.78 is 5.18. The number of likely N-dealkylation sites (N-methyl/N-ethyl adjacent to an activating group) is 1. The molecular weight excluding hydrogens is 332 g/mol. The smallest absolute Gasteiger partial charge is 0.261 e. The third kappa shape index (κ3) is 5.23. The lowest BCUT2D eigenvalue weighted by atomic mass is 10.1. The van der Waals surface area contributed by atoms with Gasteiger partial charge in [0.25, 0.3) is 5.91 Å². The van der Waals surface area contributed by atoms with Crippen LogP contribution in [-0.4, -0.2) is 32.7 Å². The summed E-state index contributed by atoms with van der Waals surface area (Å²) in [6, 6.07) is 9.86. The van der Waals surface area contributed by atoms with E-state index in [1.807, 2.05) is 44.2 Å². The number of halogens is 1. The number of nitrogens with one attached hydrogen (secondary N) is 2. The Morgan fingerprint density at radius 3 is 2.52 bits per heavy atom. The first-order valence-electron chi connectivity index (χ1n) is 7.39. The maximum absolute atomic E-state index is 12.2.